The largest absolute Gasteiger partial charge is 0.282 e. The van der Waals surface area contributed by atoms with Gasteiger partial charge in [-0.05, 0) is 23.8 Å². The first kappa shape index (κ1) is 11.3. The number of nitrogens with zero attached hydrogens (tertiary/aromatic N) is 2. The highest BCUT2D eigenvalue weighted by molar-refractivity contribution is 6.33. The number of amides is 1. The van der Waals surface area contributed by atoms with Crippen molar-refractivity contribution in [1.29, 1.82) is 5.41 Å². The molecule has 0 aliphatic carbocycles. The minimum atomic E-state index is -0.223. The Labute approximate surface area is 110 Å². The number of hydrogen-bond acceptors (Lipinski definition) is 2. The van der Waals surface area contributed by atoms with E-state index in [1.54, 1.807) is 30.5 Å². The van der Waals surface area contributed by atoms with Crippen LogP contribution in [0.1, 0.15) is 5.56 Å². The third-order valence-electron chi connectivity index (χ3n) is 2.88. The summed E-state index contributed by atoms with van der Waals surface area (Å²) in [5.74, 6) is 0.266. The number of benzene rings is 1. The summed E-state index contributed by atoms with van der Waals surface area (Å²) in [6.07, 6.45) is 8.63. The summed E-state index contributed by atoms with van der Waals surface area (Å²) in [4.78, 5) is 17.9. The monoisotopic (exact) mass is 249 g/mol. The lowest BCUT2D eigenvalue weighted by Crippen LogP contribution is -2.39. The van der Waals surface area contributed by atoms with Crippen LogP contribution in [-0.4, -0.2) is 22.5 Å². The van der Waals surface area contributed by atoms with Crippen molar-refractivity contribution in [3.8, 4) is 0 Å². The Morgan fingerprint density at radius 1 is 1.16 bits per heavy atom. The molecule has 0 bridgehead atoms. The van der Waals surface area contributed by atoms with Crippen LogP contribution in [0.4, 0.5) is 0 Å². The van der Waals surface area contributed by atoms with E-state index in [0.717, 1.165) is 5.56 Å². The highest BCUT2D eigenvalue weighted by Gasteiger charge is 2.28. The normalized spacial score (nSPS) is 19.7. The number of rotatable bonds is 1. The van der Waals surface area contributed by atoms with Gasteiger partial charge >= 0.3 is 0 Å². The average molecular weight is 249 g/mol. The number of amidine groups is 2. The molecule has 4 nitrogen and oxygen atoms in total. The number of hydrogen-bond donors (Lipinski definition) is 1. The predicted octanol–water partition coefficient (Wildman–Crippen LogP) is 2.37. The fourth-order valence-electron chi connectivity index (χ4n) is 1.95. The minimum absolute atomic E-state index is 0.0000491. The van der Waals surface area contributed by atoms with E-state index in [0.29, 0.717) is 11.4 Å². The van der Waals surface area contributed by atoms with Crippen LogP contribution in [0.5, 0.6) is 0 Å². The molecule has 0 unspecified atom stereocenters. The van der Waals surface area contributed by atoms with Crippen LogP contribution < -0.4 is 0 Å². The number of allylic oxidation sites excluding steroid dienone is 2. The molecule has 1 aromatic rings. The zero-order chi connectivity index (χ0) is 13.2. The van der Waals surface area contributed by atoms with Gasteiger partial charge in [-0.1, -0.05) is 36.4 Å². The van der Waals surface area contributed by atoms with Gasteiger partial charge in [0.15, 0.2) is 5.84 Å². The molecule has 2 aliphatic rings. The second kappa shape index (κ2) is 4.49. The van der Waals surface area contributed by atoms with Crippen LogP contribution in [-0.2, 0) is 4.79 Å². The van der Waals surface area contributed by atoms with Crippen molar-refractivity contribution in [2.45, 2.75) is 0 Å². The first-order chi connectivity index (χ1) is 9.25. The van der Waals surface area contributed by atoms with Crippen LogP contribution in [0.15, 0.2) is 65.3 Å². The molecule has 1 N–H and O–H groups in total. The zero-order valence-electron chi connectivity index (χ0n) is 10.1. The van der Waals surface area contributed by atoms with Gasteiger partial charge in [0.2, 0.25) is 0 Å². The van der Waals surface area contributed by atoms with Crippen molar-refractivity contribution < 1.29 is 4.79 Å². The molecule has 0 atom stereocenters. The summed E-state index contributed by atoms with van der Waals surface area (Å²) in [6, 6.07) is 9.46. The van der Waals surface area contributed by atoms with Gasteiger partial charge in [0, 0.05) is 6.20 Å². The molecule has 19 heavy (non-hydrogen) atoms. The van der Waals surface area contributed by atoms with Gasteiger partial charge in [-0.15, -0.1) is 0 Å². The van der Waals surface area contributed by atoms with E-state index in [1.165, 1.54) is 4.90 Å². The molecule has 2 heterocycles. The standard InChI is InChI=1S/C15H11N3O/c16-14-12(10-11-6-2-1-3-7-11)15(19)18-9-5-4-8-13(18)17-14/h1-10,16H/b12-10-,16-14?. The fourth-order valence-corrected chi connectivity index (χ4v) is 1.95. The van der Waals surface area contributed by atoms with Crippen LogP contribution in [0.2, 0.25) is 0 Å². The molecular formula is C15H11N3O. The quantitative estimate of drug-likeness (QED) is 0.763. The average Bonchev–Trinajstić information content (AvgIpc) is 2.45. The minimum Gasteiger partial charge on any atom is -0.282 e. The molecule has 1 amide bonds. The Balaban J connectivity index is 2.04. The Morgan fingerprint density at radius 2 is 1.95 bits per heavy atom. The molecule has 1 aromatic carbocycles. The maximum atomic E-state index is 12.3. The zero-order valence-corrected chi connectivity index (χ0v) is 10.1. The molecular weight excluding hydrogens is 238 g/mol. The number of aliphatic imine (C=N–C) groups is 1. The van der Waals surface area contributed by atoms with Crippen LogP contribution >= 0.6 is 0 Å². The molecule has 92 valence electrons. The number of nitrogens with one attached hydrogen (secondary N) is 1. The Morgan fingerprint density at radius 3 is 2.74 bits per heavy atom. The van der Waals surface area contributed by atoms with Crippen molar-refractivity contribution >= 4 is 23.7 Å². The van der Waals surface area contributed by atoms with Gasteiger partial charge in [-0.3, -0.25) is 15.1 Å². The number of carbonyl (C=O) groups excluding carboxylic acids is 1. The summed E-state index contributed by atoms with van der Waals surface area (Å²) in [5, 5.41) is 7.89. The van der Waals surface area contributed by atoms with Crippen molar-refractivity contribution in [1.82, 2.24) is 4.90 Å². The summed E-state index contributed by atoms with van der Waals surface area (Å²) in [5.41, 5.74) is 1.18. The Kier molecular flexibility index (Phi) is 2.68. The van der Waals surface area contributed by atoms with Crippen molar-refractivity contribution in [2.24, 2.45) is 4.99 Å². The molecule has 3 rings (SSSR count). The molecule has 0 aromatic heterocycles. The summed E-state index contributed by atoms with van der Waals surface area (Å²) in [6.45, 7) is 0. The van der Waals surface area contributed by atoms with Gasteiger partial charge in [0.05, 0.1) is 5.57 Å². The molecule has 2 aliphatic heterocycles. The molecule has 0 spiro atoms. The lowest BCUT2D eigenvalue weighted by molar-refractivity contribution is -0.121. The van der Waals surface area contributed by atoms with E-state index < -0.39 is 0 Å². The smallest absolute Gasteiger partial charge is 0.267 e. The highest BCUT2D eigenvalue weighted by Crippen LogP contribution is 2.19. The second-order valence-electron chi connectivity index (χ2n) is 4.16. The maximum absolute atomic E-state index is 12.3. The van der Waals surface area contributed by atoms with Crippen molar-refractivity contribution in [3.05, 3.63) is 65.9 Å². The fraction of sp³-hybridized carbons (Fsp3) is 0. The third kappa shape index (κ3) is 2.04. The van der Waals surface area contributed by atoms with E-state index in [9.17, 15) is 4.79 Å². The van der Waals surface area contributed by atoms with Crippen molar-refractivity contribution in [3.63, 3.8) is 0 Å². The van der Waals surface area contributed by atoms with E-state index >= 15 is 0 Å². The third-order valence-corrected chi connectivity index (χ3v) is 2.88. The molecule has 0 saturated heterocycles. The first-order valence-corrected chi connectivity index (χ1v) is 5.88. The molecule has 0 fully saturated rings. The van der Waals surface area contributed by atoms with Gasteiger partial charge in [-0.25, -0.2) is 4.99 Å². The van der Waals surface area contributed by atoms with E-state index in [2.05, 4.69) is 4.99 Å². The second-order valence-corrected chi connectivity index (χ2v) is 4.16. The lowest BCUT2D eigenvalue weighted by atomic mass is 10.1. The Hall–Kier alpha value is -2.75. The van der Waals surface area contributed by atoms with E-state index in [4.69, 9.17) is 5.41 Å². The summed E-state index contributed by atoms with van der Waals surface area (Å²) in [7, 11) is 0. The number of carbonyl (C=O) groups is 1. The Bertz CT molecular complexity index is 666. The topological polar surface area (TPSA) is 56.5 Å². The molecule has 4 heteroatoms. The maximum Gasteiger partial charge on any atom is 0.267 e. The highest BCUT2D eigenvalue weighted by atomic mass is 16.2. The van der Waals surface area contributed by atoms with Gasteiger partial charge in [0.1, 0.15) is 5.84 Å². The van der Waals surface area contributed by atoms with E-state index in [1.807, 2.05) is 30.3 Å². The SMILES string of the molecule is N=C1N=C2C=CC=CN2C(=O)/C1=C\c1ccccc1. The molecule has 0 saturated carbocycles. The van der Waals surface area contributed by atoms with Crippen LogP contribution in [0, 0.1) is 5.41 Å². The predicted molar refractivity (Wildman–Crippen MR) is 74.7 cm³/mol. The molecule has 0 radical (unpaired) electrons. The first-order valence-electron chi connectivity index (χ1n) is 5.88. The number of fused-ring (bicyclic) bond motifs is 1. The summed E-state index contributed by atoms with van der Waals surface area (Å²) < 4.78 is 0. The van der Waals surface area contributed by atoms with Crippen molar-refractivity contribution in [2.75, 3.05) is 0 Å². The van der Waals surface area contributed by atoms with E-state index in [-0.39, 0.29) is 11.7 Å². The van der Waals surface area contributed by atoms with Gasteiger partial charge in [0.25, 0.3) is 5.91 Å². The van der Waals surface area contributed by atoms with Gasteiger partial charge in [-0.2, -0.15) is 0 Å². The lowest BCUT2D eigenvalue weighted by Gasteiger charge is -2.25. The van der Waals surface area contributed by atoms with Crippen LogP contribution in [0.25, 0.3) is 6.08 Å². The van der Waals surface area contributed by atoms with Crippen LogP contribution in [0.3, 0.4) is 0 Å². The summed E-state index contributed by atoms with van der Waals surface area (Å²) >= 11 is 0. The van der Waals surface area contributed by atoms with Gasteiger partial charge < -0.3 is 0 Å².